The van der Waals surface area contributed by atoms with E-state index >= 15 is 0 Å². The number of rotatable bonds is 7. The molecule has 0 aromatic heterocycles. The maximum Gasteiger partial charge on any atom is 0.233 e. The molecule has 1 aromatic rings. The van der Waals surface area contributed by atoms with Gasteiger partial charge in [0.25, 0.3) is 0 Å². The third-order valence-corrected chi connectivity index (χ3v) is 2.22. The Hall–Kier alpha value is -2.06. The Labute approximate surface area is 107 Å². The van der Waals surface area contributed by atoms with E-state index in [-0.39, 0.29) is 12.5 Å². The number of carbonyl (C=O) groups excluding carboxylic acids is 1. The van der Waals surface area contributed by atoms with Crippen molar-refractivity contribution in [2.24, 2.45) is 0 Å². The zero-order chi connectivity index (χ0) is 13.2. The van der Waals surface area contributed by atoms with Crippen LogP contribution in [0, 0.1) is 11.3 Å². The second kappa shape index (κ2) is 8.09. The first kappa shape index (κ1) is 14.0. The zero-order valence-electron chi connectivity index (χ0n) is 10.4. The van der Waals surface area contributed by atoms with Gasteiger partial charge in [0, 0.05) is 13.1 Å². The number of benzene rings is 1. The van der Waals surface area contributed by atoms with Gasteiger partial charge in [0.05, 0.1) is 6.54 Å². The Morgan fingerprint density at radius 2 is 2.11 bits per heavy atom. The third-order valence-electron chi connectivity index (χ3n) is 2.22. The lowest BCUT2D eigenvalue weighted by Crippen LogP contribution is -2.33. The minimum atomic E-state index is -0.00789. The molecule has 0 aliphatic rings. The number of likely N-dealkylation sites (N-methyl/N-ethyl adjacent to an activating group) is 1. The van der Waals surface area contributed by atoms with Crippen LogP contribution in [-0.4, -0.2) is 25.6 Å². The molecule has 0 atom stereocenters. The first-order chi connectivity index (χ1) is 8.76. The quantitative estimate of drug-likeness (QED) is 0.748. The maximum absolute atomic E-state index is 11.2. The van der Waals surface area contributed by atoms with Crippen LogP contribution >= 0.6 is 0 Å². The zero-order valence-corrected chi connectivity index (χ0v) is 10.4. The summed E-state index contributed by atoms with van der Waals surface area (Å²) >= 11 is 0. The number of ether oxygens (including phenoxy) is 1. The number of nitriles is 1. The number of nitrogens with one attached hydrogen (secondary N) is 2. The summed E-state index contributed by atoms with van der Waals surface area (Å²) in [6, 6.07) is 9.32. The van der Waals surface area contributed by atoms with E-state index in [2.05, 4.69) is 10.6 Å². The SMILES string of the molecule is CCNC(=O)CNCc1ccc(OCC#N)cc1. The molecule has 96 valence electrons. The molecular weight excluding hydrogens is 230 g/mol. The predicted molar refractivity (Wildman–Crippen MR) is 67.9 cm³/mol. The highest BCUT2D eigenvalue weighted by atomic mass is 16.5. The maximum atomic E-state index is 11.2. The molecule has 0 saturated carbocycles. The Kier molecular flexibility index (Phi) is 6.30. The Balaban J connectivity index is 2.31. The van der Waals surface area contributed by atoms with Crippen molar-refractivity contribution >= 4 is 5.91 Å². The fourth-order valence-electron chi connectivity index (χ4n) is 1.40. The average Bonchev–Trinajstić information content (AvgIpc) is 2.38. The highest BCUT2D eigenvalue weighted by Crippen LogP contribution is 2.11. The lowest BCUT2D eigenvalue weighted by atomic mass is 10.2. The highest BCUT2D eigenvalue weighted by molar-refractivity contribution is 5.77. The van der Waals surface area contributed by atoms with E-state index in [1.807, 2.05) is 25.1 Å². The molecule has 0 aliphatic carbocycles. The van der Waals surface area contributed by atoms with Crippen molar-refractivity contribution in [2.45, 2.75) is 13.5 Å². The van der Waals surface area contributed by atoms with E-state index in [1.165, 1.54) is 0 Å². The summed E-state index contributed by atoms with van der Waals surface area (Å²) < 4.78 is 5.14. The van der Waals surface area contributed by atoms with E-state index in [1.54, 1.807) is 12.1 Å². The van der Waals surface area contributed by atoms with Crippen LogP contribution in [0.25, 0.3) is 0 Å². The Morgan fingerprint density at radius 1 is 1.39 bits per heavy atom. The van der Waals surface area contributed by atoms with Crippen LogP contribution in [-0.2, 0) is 11.3 Å². The van der Waals surface area contributed by atoms with Gasteiger partial charge in [-0.25, -0.2) is 0 Å². The minimum Gasteiger partial charge on any atom is -0.479 e. The summed E-state index contributed by atoms with van der Waals surface area (Å²) in [6.07, 6.45) is 0. The van der Waals surface area contributed by atoms with Gasteiger partial charge in [0.2, 0.25) is 5.91 Å². The molecule has 0 spiro atoms. The van der Waals surface area contributed by atoms with Crippen molar-refractivity contribution in [1.82, 2.24) is 10.6 Å². The summed E-state index contributed by atoms with van der Waals surface area (Å²) in [7, 11) is 0. The van der Waals surface area contributed by atoms with Crippen molar-refractivity contribution in [3.8, 4) is 11.8 Å². The molecule has 5 heteroatoms. The topological polar surface area (TPSA) is 74.2 Å². The largest absolute Gasteiger partial charge is 0.479 e. The molecule has 0 heterocycles. The van der Waals surface area contributed by atoms with Crippen molar-refractivity contribution in [1.29, 1.82) is 5.26 Å². The van der Waals surface area contributed by atoms with Gasteiger partial charge in [-0.15, -0.1) is 0 Å². The van der Waals surface area contributed by atoms with Gasteiger partial charge in [0.15, 0.2) is 6.61 Å². The van der Waals surface area contributed by atoms with Crippen LogP contribution in [0.4, 0.5) is 0 Å². The molecule has 0 radical (unpaired) electrons. The Bertz CT molecular complexity index is 409. The first-order valence-electron chi connectivity index (χ1n) is 5.82. The number of nitrogens with zero attached hydrogens (tertiary/aromatic N) is 1. The summed E-state index contributed by atoms with van der Waals surface area (Å²) in [5.74, 6) is 0.662. The number of hydrogen-bond donors (Lipinski definition) is 2. The molecule has 0 saturated heterocycles. The molecule has 1 rings (SSSR count). The Morgan fingerprint density at radius 3 is 2.72 bits per heavy atom. The number of amides is 1. The molecule has 0 fully saturated rings. The van der Waals surface area contributed by atoms with Gasteiger partial charge in [-0.2, -0.15) is 5.26 Å². The van der Waals surface area contributed by atoms with Gasteiger partial charge in [-0.3, -0.25) is 4.79 Å². The molecule has 0 unspecified atom stereocenters. The molecule has 5 nitrogen and oxygen atoms in total. The summed E-state index contributed by atoms with van der Waals surface area (Å²) in [6.45, 7) is 3.51. The van der Waals surface area contributed by atoms with E-state index in [0.29, 0.717) is 25.4 Å². The second-order valence-corrected chi connectivity index (χ2v) is 3.65. The average molecular weight is 247 g/mol. The third kappa shape index (κ3) is 5.32. The summed E-state index contributed by atoms with van der Waals surface area (Å²) in [4.78, 5) is 11.2. The summed E-state index contributed by atoms with van der Waals surface area (Å²) in [5.41, 5.74) is 1.06. The lowest BCUT2D eigenvalue weighted by molar-refractivity contribution is -0.120. The van der Waals surface area contributed by atoms with Gasteiger partial charge < -0.3 is 15.4 Å². The smallest absolute Gasteiger partial charge is 0.233 e. The second-order valence-electron chi connectivity index (χ2n) is 3.65. The van der Waals surface area contributed by atoms with Gasteiger partial charge in [-0.1, -0.05) is 12.1 Å². The summed E-state index contributed by atoms with van der Waals surface area (Å²) in [5, 5.41) is 14.1. The van der Waals surface area contributed by atoms with Crippen LogP contribution in [0.15, 0.2) is 24.3 Å². The normalized spacial score (nSPS) is 9.56. The monoisotopic (exact) mass is 247 g/mol. The molecule has 0 bridgehead atoms. The van der Waals surface area contributed by atoms with Crippen LogP contribution in [0.2, 0.25) is 0 Å². The van der Waals surface area contributed by atoms with Crippen LogP contribution in [0.1, 0.15) is 12.5 Å². The molecule has 2 N–H and O–H groups in total. The van der Waals surface area contributed by atoms with Crippen molar-refractivity contribution in [2.75, 3.05) is 19.7 Å². The van der Waals surface area contributed by atoms with Crippen molar-refractivity contribution < 1.29 is 9.53 Å². The number of carbonyl (C=O) groups is 1. The lowest BCUT2D eigenvalue weighted by Gasteiger charge is -2.06. The van der Waals surface area contributed by atoms with Crippen LogP contribution in [0.5, 0.6) is 5.75 Å². The van der Waals surface area contributed by atoms with E-state index in [4.69, 9.17) is 10.00 Å². The van der Waals surface area contributed by atoms with Gasteiger partial charge in [0.1, 0.15) is 11.8 Å². The minimum absolute atomic E-state index is 0.00789. The van der Waals surface area contributed by atoms with E-state index < -0.39 is 0 Å². The van der Waals surface area contributed by atoms with Crippen molar-refractivity contribution in [3.63, 3.8) is 0 Å². The highest BCUT2D eigenvalue weighted by Gasteiger charge is 1.99. The number of hydrogen-bond acceptors (Lipinski definition) is 4. The fraction of sp³-hybridized carbons (Fsp3) is 0.385. The molecule has 1 amide bonds. The van der Waals surface area contributed by atoms with E-state index in [0.717, 1.165) is 5.56 Å². The molecule has 0 aliphatic heterocycles. The first-order valence-corrected chi connectivity index (χ1v) is 5.82. The molecular formula is C13H17N3O2. The van der Waals surface area contributed by atoms with Gasteiger partial charge >= 0.3 is 0 Å². The predicted octanol–water partition coefficient (Wildman–Crippen LogP) is 0.815. The fourth-order valence-corrected chi connectivity index (χ4v) is 1.40. The molecule has 18 heavy (non-hydrogen) atoms. The standard InChI is InChI=1S/C13H17N3O2/c1-2-16-13(17)10-15-9-11-3-5-12(6-4-11)18-8-7-14/h3-6,15H,2,8-10H2,1H3,(H,16,17). The van der Waals surface area contributed by atoms with Crippen LogP contribution < -0.4 is 15.4 Å². The molecule has 1 aromatic carbocycles. The van der Waals surface area contributed by atoms with Gasteiger partial charge in [-0.05, 0) is 24.6 Å². The van der Waals surface area contributed by atoms with Crippen molar-refractivity contribution in [3.05, 3.63) is 29.8 Å². The van der Waals surface area contributed by atoms with E-state index in [9.17, 15) is 4.79 Å². The van der Waals surface area contributed by atoms with Crippen LogP contribution in [0.3, 0.4) is 0 Å².